The number of carbonyl (C=O) groups excluding carboxylic acids is 3. The van der Waals surface area contributed by atoms with E-state index >= 15 is 0 Å². The van der Waals surface area contributed by atoms with E-state index in [4.69, 9.17) is 9.47 Å². The van der Waals surface area contributed by atoms with Crippen molar-refractivity contribution in [2.24, 2.45) is 58.2 Å². The van der Waals surface area contributed by atoms with Gasteiger partial charge in [0.1, 0.15) is 18.3 Å². The van der Waals surface area contributed by atoms with Crippen molar-refractivity contribution in [1.82, 2.24) is 0 Å². The van der Waals surface area contributed by atoms with Gasteiger partial charge in [0.25, 0.3) is 0 Å². The van der Waals surface area contributed by atoms with Crippen LogP contribution in [-0.4, -0.2) is 52.4 Å². The summed E-state index contributed by atoms with van der Waals surface area (Å²) in [5, 5.41) is 22.1. The second kappa shape index (κ2) is 10.9. The molecule has 13 atom stereocenters. The van der Waals surface area contributed by atoms with Crippen LogP contribution >= 0.6 is 0 Å². The van der Waals surface area contributed by atoms with E-state index in [1.807, 2.05) is 0 Å². The van der Waals surface area contributed by atoms with Gasteiger partial charge in [0, 0.05) is 37.5 Å². The summed E-state index contributed by atoms with van der Waals surface area (Å²) >= 11 is 0. The minimum Gasteiger partial charge on any atom is -0.462 e. The van der Waals surface area contributed by atoms with Crippen LogP contribution < -0.4 is 0 Å². The largest absolute Gasteiger partial charge is 0.462 e. The number of ether oxygens (including phenoxy) is 2. The molecule has 7 heteroatoms. The lowest BCUT2D eigenvalue weighted by Gasteiger charge is -2.63. The molecule has 4 fully saturated rings. The molecular weight excluding hydrogens is 496 g/mol. The van der Waals surface area contributed by atoms with Gasteiger partial charge in [-0.3, -0.25) is 14.4 Å². The maximum Gasteiger partial charge on any atom is 0.302 e. The summed E-state index contributed by atoms with van der Waals surface area (Å²) in [6.07, 6.45) is 4.59. The van der Waals surface area contributed by atoms with Crippen LogP contribution in [0.1, 0.15) is 87.5 Å². The van der Waals surface area contributed by atoms with Crippen LogP contribution in [0.4, 0.5) is 0 Å². The summed E-state index contributed by atoms with van der Waals surface area (Å²) in [6, 6.07) is 0. The van der Waals surface area contributed by atoms with Gasteiger partial charge in [-0.25, -0.2) is 0 Å². The zero-order valence-corrected chi connectivity index (χ0v) is 25.1. The molecule has 0 heterocycles. The highest BCUT2D eigenvalue weighted by atomic mass is 16.5. The molecule has 0 aromatic carbocycles. The fourth-order valence-corrected chi connectivity index (χ4v) is 9.40. The number of aliphatic hydroxyl groups is 2. The van der Waals surface area contributed by atoms with Crippen LogP contribution in [0, 0.1) is 58.2 Å². The lowest BCUT2D eigenvalue weighted by atomic mass is 9.42. The summed E-state index contributed by atoms with van der Waals surface area (Å²) in [7, 11) is 0. The monoisotopic (exact) mass is 546 g/mol. The normalized spacial score (nSPS) is 45.3. The summed E-state index contributed by atoms with van der Waals surface area (Å²) in [5.41, 5.74) is -0.917. The molecule has 220 valence electrons. The standard InChI is InChI=1S/C32H50O7/c1-16(2)17(3)9-10-18(4)27-24(38-19(5)33)14-22-26-28(25(39-20(6)34)15-32(22,27)8)31(7)12-11-21(35)13-23(31)29(36)30(26)37/h9-10,16-18,21-28,30,35,37H,11-15H2,1-8H3/b10-9+/t17-,18+,21-,22-,23+,24-,25-,26-,27-,28-,30+,31-,32-/m0/s1. The molecule has 0 aromatic rings. The van der Waals surface area contributed by atoms with Gasteiger partial charge in [-0.2, -0.15) is 0 Å². The predicted octanol–water partition coefficient (Wildman–Crippen LogP) is 4.72. The smallest absolute Gasteiger partial charge is 0.302 e. The van der Waals surface area contributed by atoms with Gasteiger partial charge in [-0.1, -0.05) is 53.7 Å². The number of allylic oxidation sites excluding steroid dienone is 2. The molecule has 0 amide bonds. The molecule has 4 aliphatic rings. The highest BCUT2D eigenvalue weighted by Crippen LogP contribution is 2.68. The highest BCUT2D eigenvalue weighted by Gasteiger charge is 2.70. The van der Waals surface area contributed by atoms with Crippen molar-refractivity contribution in [2.45, 2.75) is 112 Å². The van der Waals surface area contributed by atoms with Gasteiger partial charge >= 0.3 is 11.9 Å². The first kappa shape index (κ1) is 30.2. The van der Waals surface area contributed by atoms with E-state index in [9.17, 15) is 24.6 Å². The topological polar surface area (TPSA) is 110 Å². The van der Waals surface area contributed by atoms with Crippen molar-refractivity contribution in [1.29, 1.82) is 0 Å². The highest BCUT2D eigenvalue weighted by molar-refractivity contribution is 5.87. The Morgan fingerprint density at radius 2 is 1.56 bits per heavy atom. The third-order valence-corrected chi connectivity index (χ3v) is 11.5. The van der Waals surface area contributed by atoms with Gasteiger partial charge in [-0.15, -0.1) is 0 Å². The van der Waals surface area contributed by atoms with Gasteiger partial charge in [0.15, 0.2) is 5.78 Å². The second-order valence-electron chi connectivity index (χ2n) is 14.2. The van der Waals surface area contributed by atoms with Gasteiger partial charge < -0.3 is 19.7 Å². The molecule has 0 spiro atoms. The minimum atomic E-state index is -1.20. The quantitative estimate of drug-likeness (QED) is 0.366. The Bertz CT molecular complexity index is 989. The van der Waals surface area contributed by atoms with E-state index < -0.39 is 41.0 Å². The van der Waals surface area contributed by atoms with Crippen LogP contribution in [0.15, 0.2) is 12.2 Å². The minimum absolute atomic E-state index is 0.0537. The fraction of sp³-hybridized carbons (Fsp3) is 0.844. The van der Waals surface area contributed by atoms with E-state index in [1.54, 1.807) is 0 Å². The Morgan fingerprint density at radius 3 is 2.15 bits per heavy atom. The number of aliphatic hydroxyl groups excluding tert-OH is 2. The van der Waals surface area contributed by atoms with E-state index in [0.29, 0.717) is 43.9 Å². The third kappa shape index (κ3) is 5.23. The van der Waals surface area contributed by atoms with E-state index in [-0.39, 0.29) is 47.5 Å². The first-order chi connectivity index (χ1) is 18.1. The average Bonchev–Trinajstić information content (AvgIpc) is 3.11. The van der Waals surface area contributed by atoms with Crippen LogP contribution in [0.5, 0.6) is 0 Å². The van der Waals surface area contributed by atoms with E-state index in [2.05, 4.69) is 53.7 Å². The number of rotatable bonds is 6. The van der Waals surface area contributed by atoms with Crippen LogP contribution in [-0.2, 0) is 23.9 Å². The lowest BCUT2D eigenvalue weighted by Crippen LogP contribution is -2.66. The Kier molecular flexibility index (Phi) is 8.47. The molecular formula is C32H50O7. The average molecular weight is 547 g/mol. The Morgan fingerprint density at radius 1 is 0.949 bits per heavy atom. The second-order valence-corrected chi connectivity index (χ2v) is 14.2. The van der Waals surface area contributed by atoms with Crippen LogP contribution in [0.25, 0.3) is 0 Å². The SMILES string of the molecule is CC(=O)O[C@H]1C[C@]2(C)[C@@H]([C@H](C)/C=C/[C@H](C)C(C)C)[C@@H](OC(C)=O)C[C@H]2[C@H]2[C@H]1[C@@]1(C)CC[C@H](O)C[C@@H]1C(=O)[C@@H]2O. The van der Waals surface area contributed by atoms with Crippen molar-refractivity contribution in [3.05, 3.63) is 12.2 Å². The van der Waals surface area contributed by atoms with Crippen LogP contribution in [0.3, 0.4) is 0 Å². The van der Waals surface area contributed by atoms with Gasteiger partial charge in [0.05, 0.1) is 6.10 Å². The zero-order valence-electron chi connectivity index (χ0n) is 25.1. The molecule has 4 saturated carbocycles. The first-order valence-corrected chi connectivity index (χ1v) is 15.0. The number of carbonyl (C=O) groups is 3. The molecule has 4 aliphatic carbocycles. The molecule has 0 radical (unpaired) electrons. The number of Topliss-reactive ketones (excluding diaryl/α,β-unsaturated/α-hetero) is 1. The predicted molar refractivity (Wildman–Crippen MR) is 147 cm³/mol. The summed E-state index contributed by atoms with van der Waals surface area (Å²) in [6.45, 7) is 15.9. The third-order valence-electron chi connectivity index (χ3n) is 11.5. The zero-order chi connectivity index (χ0) is 29.0. The molecule has 2 N–H and O–H groups in total. The molecule has 0 aromatic heterocycles. The summed E-state index contributed by atoms with van der Waals surface area (Å²) < 4.78 is 12.1. The Balaban J connectivity index is 1.80. The maximum atomic E-state index is 13.7. The summed E-state index contributed by atoms with van der Waals surface area (Å²) in [5.74, 6) is -1.16. The Labute approximate surface area is 234 Å². The number of ketones is 1. The molecule has 0 unspecified atom stereocenters. The molecule has 0 saturated heterocycles. The molecule has 39 heavy (non-hydrogen) atoms. The number of hydrogen-bond donors (Lipinski definition) is 2. The lowest BCUT2D eigenvalue weighted by molar-refractivity contribution is -0.217. The number of hydrogen-bond acceptors (Lipinski definition) is 7. The first-order valence-electron chi connectivity index (χ1n) is 15.0. The van der Waals surface area contributed by atoms with Crippen molar-refractivity contribution < 1.29 is 34.1 Å². The number of fused-ring (bicyclic) bond motifs is 5. The van der Waals surface area contributed by atoms with Crippen molar-refractivity contribution in [3.8, 4) is 0 Å². The van der Waals surface area contributed by atoms with E-state index in [0.717, 1.165) is 0 Å². The van der Waals surface area contributed by atoms with Crippen molar-refractivity contribution >= 4 is 17.7 Å². The molecule has 7 nitrogen and oxygen atoms in total. The maximum absolute atomic E-state index is 13.7. The molecule has 0 aliphatic heterocycles. The van der Waals surface area contributed by atoms with Crippen molar-refractivity contribution in [2.75, 3.05) is 0 Å². The summed E-state index contributed by atoms with van der Waals surface area (Å²) in [4.78, 5) is 38.5. The fourth-order valence-electron chi connectivity index (χ4n) is 9.40. The van der Waals surface area contributed by atoms with Gasteiger partial charge in [-0.05, 0) is 66.6 Å². The number of esters is 2. The van der Waals surface area contributed by atoms with Gasteiger partial charge in [0.2, 0.25) is 0 Å². The molecule has 0 bridgehead atoms. The van der Waals surface area contributed by atoms with Crippen LogP contribution in [0.2, 0.25) is 0 Å². The van der Waals surface area contributed by atoms with E-state index in [1.165, 1.54) is 13.8 Å². The Hall–Kier alpha value is -1.73. The van der Waals surface area contributed by atoms with Crippen molar-refractivity contribution in [3.63, 3.8) is 0 Å². The molecule has 4 rings (SSSR count).